The largest absolute Gasteiger partial charge is 0.378 e. The van der Waals surface area contributed by atoms with Crippen molar-refractivity contribution < 1.29 is 13.9 Å². The lowest BCUT2D eigenvalue weighted by Crippen LogP contribution is -2.37. The number of aromatic nitrogens is 2. The molecule has 2 amide bonds. The van der Waals surface area contributed by atoms with Crippen molar-refractivity contribution in [2.75, 3.05) is 43.6 Å². The number of halogens is 1. The Balaban J connectivity index is 1.44. The maximum atomic E-state index is 15.0. The number of carbonyl (C=O) groups excluding carboxylic acids is 1. The van der Waals surface area contributed by atoms with E-state index in [1.165, 1.54) is 6.07 Å². The number of amides is 2. The minimum atomic E-state index is -0.460. The lowest BCUT2D eigenvalue weighted by Gasteiger charge is -2.29. The Morgan fingerprint density at radius 2 is 2.00 bits per heavy atom. The first-order valence-electron chi connectivity index (χ1n) is 10.4. The summed E-state index contributed by atoms with van der Waals surface area (Å²) in [6.45, 7) is 4.32. The van der Waals surface area contributed by atoms with E-state index in [1.807, 2.05) is 7.05 Å². The van der Waals surface area contributed by atoms with Gasteiger partial charge in [-0.2, -0.15) is 0 Å². The van der Waals surface area contributed by atoms with Crippen LogP contribution in [0.5, 0.6) is 0 Å². The normalized spacial score (nSPS) is 18.9. The fraction of sp³-hybridized carbons (Fsp3) is 0.476. The van der Waals surface area contributed by atoms with E-state index >= 15 is 0 Å². The summed E-state index contributed by atoms with van der Waals surface area (Å²) in [4.78, 5) is 25.7. The monoisotopic (exact) mass is 412 g/mol. The first-order chi connectivity index (χ1) is 14.6. The Labute approximate surface area is 174 Å². The van der Waals surface area contributed by atoms with E-state index in [-0.39, 0.29) is 12.1 Å². The molecule has 1 aromatic carbocycles. The third kappa shape index (κ3) is 3.95. The molecule has 1 saturated heterocycles. The number of nitrogens with one attached hydrogen (secondary N) is 2. The van der Waals surface area contributed by atoms with Gasteiger partial charge >= 0.3 is 6.03 Å². The van der Waals surface area contributed by atoms with Crippen LogP contribution in [0.3, 0.4) is 0 Å². The zero-order chi connectivity index (χ0) is 20.7. The zero-order valence-corrected chi connectivity index (χ0v) is 16.9. The zero-order valence-electron chi connectivity index (χ0n) is 16.9. The number of benzene rings is 1. The molecular weight excluding hydrogens is 387 g/mol. The van der Waals surface area contributed by atoms with Crippen molar-refractivity contribution in [1.82, 2.24) is 20.2 Å². The number of hydrogen-bond acceptors (Lipinski definition) is 6. The molecule has 0 atom stereocenters. The van der Waals surface area contributed by atoms with Gasteiger partial charge in [-0.25, -0.2) is 19.2 Å². The van der Waals surface area contributed by atoms with Crippen LogP contribution in [0.2, 0.25) is 0 Å². The van der Waals surface area contributed by atoms with Crippen molar-refractivity contribution in [3.8, 4) is 11.4 Å². The summed E-state index contributed by atoms with van der Waals surface area (Å²) in [6.07, 6.45) is 1.99. The summed E-state index contributed by atoms with van der Waals surface area (Å²) in [5.74, 6) is 0.781. The first-order valence-corrected chi connectivity index (χ1v) is 10.4. The maximum Gasteiger partial charge on any atom is 0.319 e. The molecule has 2 aromatic rings. The van der Waals surface area contributed by atoms with Gasteiger partial charge in [0.1, 0.15) is 11.6 Å². The van der Waals surface area contributed by atoms with Gasteiger partial charge in [-0.1, -0.05) is 0 Å². The average molecular weight is 412 g/mol. The van der Waals surface area contributed by atoms with E-state index in [1.54, 1.807) is 12.1 Å². The number of nitrogens with zero attached hydrogens (tertiary/aromatic N) is 4. The van der Waals surface area contributed by atoms with Gasteiger partial charge in [0.15, 0.2) is 5.82 Å². The van der Waals surface area contributed by atoms with Gasteiger partial charge < -0.3 is 20.3 Å². The molecule has 2 aliphatic heterocycles. The van der Waals surface area contributed by atoms with Crippen molar-refractivity contribution in [3.63, 3.8) is 0 Å². The van der Waals surface area contributed by atoms with E-state index in [0.717, 1.165) is 49.6 Å². The molecule has 5 rings (SSSR count). The lowest BCUT2D eigenvalue weighted by molar-refractivity contribution is 0.122. The summed E-state index contributed by atoms with van der Waals surface area (Å²) in [7, 11) is 2.04. The second-order valence-electron chi connectivity index (χ2n) is 8.14. The number of morpholine rings is 1. The minimum Gasteiger partial charge on any atom is -0.378 e. The molecule has 3 aliphatic rings. The Bertz CT molecular complexity index is 974. The van der Waals surface area contributed by atoms with Gasteiger partial charge in [0.05, 0.1) is 24.5 Å². The van der Waals surface area contributed by atoms with E-state index < -0.39 is 5.82 Å². The van der Waals surface area contributed by atoms with Gasteiger partial charge in [0.25, 0.3) is 0 Å². The molecule has 8 nitrogen and oxygen atoms in total. The van der Waals surface area contributed by atoms with Gasteiger partial charge in [-0.05, 0) is 38.1 Å². The second-order valence-corrected chi connectivity index (χ2v) is 8.14. The van der Waals surface area contributed by atoms with Gasteiger partial charge in [0, 0.05) is 43.5 Å². The van der Waals surface area contributed by atoms with E-state index in [0.29, 0.717) is 36.8 Å². The van der Waals surface area contributed by atoms with E-state index in [9.17, 15) is 9.18 Å². The third-order valence-corrected chi connectivity index (χ3v) is 5.61. The smallest absolute Gasteiger partial charge is 0.319 e. The van der Waals surface area contributed by atoms with Crippen LogP contribution < -0.4 is 15.5 Å². The molecule has 0 bridgehead atoms. The van der Waals surface area contributed by atoms with Crippen LogP contribution >= 0.6 is 0 Å². The van der Waals surface area contributed by atoms with Crippen LogP contribution in [0, 0.1) is 5.82 Å². The van der Waals surface area contributed by atoms with Crippen molar-refractivity contribution in [2.45, 2.75) is 32.0 Å². The van der Waals surface area contributed by atoms with Crippen LogP contribution in [0.1, 0.15) is 24.1 Å². The van der Waals surface area contributed by atoms with Crippen LogP contribution in [0.15, 0.2) is 18.2 Å². The number of carbonyl (C=O) groups is 1. The topological polar surface area (TPSA) is 82.6 Å². The maximum absolute atomic E-state index is 15.0. The van der Waals surface area contributed by atoms with Crippen LogP contribution in [0.4, 0.5) is 20.7 Å². The predicted octanol–water partition coefficient (Wildman–Crippen LogP) is 2.35. The van der Waals surface area contributed by atoms with Crippen molar-refractivity contribution in [1.29, 1.82) is 0 Å². The highest BCUT2D eigenvalue weighted by Gasteiger charge is 2.28. The van der Waals surface area contributed by atoms with Crippen molar-refractivity contribution >= 4 is 17.5 Å². The van der Waals surface area contributed by atoms with Crippen LogP contribution in [-0.4, -0.2) is 60.3 Å². The number of rotatable bonds is 4. The average Bonchev–Trinajstić information content (AvgIpc) is 3.45. The first kappa shape index (κ1) is 19.2. The number of hydrogen-bond donors (Lipinski definition) is 2. The molecule has 0 radical (unpaired) electrons. The Morgan fingerprint density at radius 3 is 2.73 bits per heavy atom. The van der Waals surface area contributed by atoms with Crippen molar-refractivity contribution in [3.05, 3.63) is 35.3 Å². The van der Waals surface area contributed by atoms with Crippen LogP contribution in [0.25, 0.3) is 11.4 Å². The Kier molecular flexibility index (Phi) is 5.00. The molecule has 1 aliphatic carbocycles. The molecule has 0 spiro atoms. The summed E-state index contributed by atoms with van der Waals surface area (Å²) in [5.41, 5.74) is 2.78. The number of anilines is 2. The van der Waals surface area contributed by atoms with E-state index in [2.05, 4.69) is 25.4 Å². The SMILES string of the molecule is CN1Cc2nc(-c3ccc(NC(=O)NC4CC4)cc3F)nc(N3CCOCC3)c2C1. The number of fused-ring (bicyclic) bond motifs is 1. The minimum absolute atomic E-state index is 0.241. The van der Waals surface area contributed by atoms with Crippen molar-refractivity contribution in [2.24, 2.45) is 0 Å². The quantitative estimate of drug-likeness (QED) is 0.802. The summed E-state index contributed by atoms with van der Waals surface area (Å²) in [5, 5.41) is 5.51. The molecule has 0 unspecified atom stereocenters. The molecule has 1 aromatic heterocycles. The second kappa shape index (κ2) is 7.81. The van der Waals surface area contributed by atoms with Gasteiger partial charge in [-0.3, -0.25) is 4.90 Å². The fourth-order valence-electron chi connectivity index (χ4n) is 3.90. The molecule has 9 heteroatoms. The number of urea groups is 1. The third-order valence-electron chi connectivity index (χ3n) is 5.61. The molecule has 30 heavy (non-hydrogen) atoms. The summed E-state index contributed by atoms with van der Waals surface area (Å²) < 4.78 is 20.4. The standard InChI is InChI=1S/C21H25FN6O2/c1-27-11-16-18(12-27)25-19(26-20(16)28-6-8-30-9-7-28)15-5-4-14(10-17(15)22)24-21(29)23-13-2-3-13/h4-5,10,13H,2-3,6-9,11-12H2,1H3,(H2,23,24,29). The summed E-state index contributed by atoms with van der Waals surface area (Å²) >= 11 is 0. The highest BCUT2D eigenvalue weighted by Crippen LogP contribution is 2.32. The molecule has 3 heterocycles. The number of ether oxygens (including phenoxy) is 1. The van der Waals surface area contributed by atoms with E-state index in [4.69, 9.17) is 9.72 Å². The fourth-order valence-corrected chi connectivity index (χ4v) is 3.90. The van der Waals surface area contributed by atoms with Gasteiger partial charge in [-0.15, -0.1) is 0 Å². The lowest BCUT2D eigenvalue weighted by atomic mass is 10.1. The Hall–Kier alpha value is -2.78. The molecular formula is C21H25FN6O2. The molecule has 1 saturated carbocycles. The summed E-state index contributed by atoms with van der Waals surface area (Å²) in [6, 6.07) is 4.56. The molecule has 2 fully saturated rings. The van der Waals surface area contributed by atoms with Gasteiger partial charge in [0.2, 0.25) is 0 Å². The highest BCUT2D eigenvalue weighted by molar-refractivity contribution is 5.90. The predicted molar refractivity (Wildman–Crippen MR) is 111 cm³/mol. The highest BCUT2D eigenvalue weighted by atomic mass is 19.1. The van der Waals surface area contributed by atoms with Crippen LogP contribution in [-0.2, 0) is 17.8 Å². The Morgan fingerprint density at radius 1 is 1.20 bits per heavy atom. The molecule has 158 valence electrons. The molecule has 2 N–H and O–H groups in total.